The zero-order valence-corrected chi connectivity index (χ0v) is 18.6. The molecule has 0 aliphatic heterocycles. The summed E-state index contributed by atoms with van der Waals surface area (Å²) in [5.74, 6) is 0.227. The highest BCUT2D eigenvalue weighted by molar-refractivity contribution is 7.14. The number of anilines is 2. The number of rotatable bonds is 9. The van der Waals surface area contributed by atoms with Gasteiger partial charge in [0.15, 0.2) is 5.13 Å². The van der Waals surface area contributed by atoms with E-state index in [1.54, 1.807) is 12.5 Å². The smallest absolute Gasteiger partial charge is 0.274 e. The van der Waals surface area contributed by atoms with Crippen molar-refractivity contribution in [1.29, 1.82) is 0 Å². The molecule has 2 amide bonds. The number of methoxy groups -OCH3 is 1. The lowest BCUT2D eigenvalue weighted by Gasteiger charge is -2.22. The van der Waals surface area contributed by atoms with E-state index in [0.29, 0.717) is 17.4 Å². The van der Waals surface area contributed by atoms with E-state index in [2.05, 4.69) is 15.6 Å². The summed E-state index contributed by atoms with van der Waals surface area (Å²) in [4.78, 5) is 31.5. The number of carbonyl (C=O) groups is 2. The van der Waals surface area contributed by atoms with Crippen LogP contribution < -0.4 is 15.4 Å². The molecule has 0 aliphatic carbocycles. The monoisotopic (exact) mass is 438 g/mol. The molecule has 1 heterocycles. The van der Waals surface area contributed by atoms with E-state index >= 15 is 0 Å². The SMILES string of the molecule is COc1cccc(Nc2nc(C(=O)N(CC(=O)NC(C)C)Cc3ccccc3)cs2)c1. The van der Waals surface area contributed by atoms with Crippen molar-refractivity contribution in [3.05, 3.63) is 71.2 Å². The quantitative estimate of drug-likeness (QED) is 0.526. The van der Waals surface area contributed by atoms with Crippen molar-refractivity contribution in [3.8, 4) is 5.75 Å². The van der Waals surface area contributed by atoms with Gasteiger partial charge in [0.05, 0.1) is 7.11 Å². The number of hydrogen-bond donors (Lipinski definition) is 2. The average molecular weight is 439 g/mol. The van der Waals surface area contributed by atoms with Crippen LogP contribution in [0.25, 0.3) is 0 Å². The van der Waals surface area contributed by atoms with Crippen LogP contribution in [0.15, 0.2) is 60.0 Å². The number of thiazole rings is 1. The van der Waals surface area contributed by atoms with Crippen molar-refractivity contribution in [2.24, 2.45) is 0 Å². The van der Waals surface area contributed by atoms with E-state index in [4.69, 9.17) is 4.74 Å². The zero-order valence-electron chi connectivity index (χ0n) is 17.8. The second-order valence-electron chi connectivity index (χ2n) is 7.26. The molecule has 2 N–H and O–H groups in total. The van der Waals surface area contributed by atoms with Gasteiger partial charge in [-0.05, 0) is 31.5 Å². The highest BCUT2D eigenvalue weighted by Crippen LogP contribution is 2.24. The number of hydrogen-bond acceptors (Lipinski definition) is 6. The van der Waals surface area contributed by atoms with Gasteiger partial charge < -0.3 is 20.3 Å². The summed E-state index contributed by atoms with van der Waals surface area (Å²) in [7, 11) is 1.61. The molecule has 162 valence electrons. The Morgan fingerprint density at radius 2 is 1.90 bits per heavy atom. The normalized spacial score (nSPS) is 10.6. The van der Waals surface area contributed by atoms with E-state index in [-0.39, 0.29) is 24.4 Å². The van der Waals surface area contributed by atoms with Crippen LogP contribution in [0.4, 0.5) is 10.8 Å². The Labute approximate surface area is 186 Å². The lowest BCUT2D eigenvalue weighted by molar-refractivity contribution is -0.122. The molecule has 31 heavy (non-hydrogen) atoms. The van der Waals surface area contributed by atoms with Crippen LogP contribution in [-0.2, 0) is 11.3 Å². The van der Waals surface area contributed by atoms with E-state index < -0.39 is 0 Å². The fraction of sp³-hybridized carbons (Fsp3) is 0.261. The minimum Gasteiger partial charge on any atom is -0.497 e. The van der Waals surface area contributed by atoms with E-state index in [0.717, 1.165) is 17.0 Å². The predicted molar refractivity (Wildman–Crippen MR) is 123 cm³/mol. The largest absolute Gasteiger partial charge is 0.497 e. The number of nitrogens with zero attached hydrogens (tertiary/aromatic N) is 2. The fourth-order valence-corrected chi connectivity index (χ4v) is 3.66. The maximum absolute atomic E-state index is 13.2. The summed E-state index contributed by atoms with van der Waals surface area (Å²) in [5.41, 5.74) is 2.05. The molecule has 0 saturated heterocycles. The second kappa shape index (κ2) is 10.6. The van der Waals surface area contributed by atoms with Gasteiger partial charge in [0, 0.05) is 29.7 Å². The minimum atomic E-state index is -0.294. The first kappa shape index (κ1) is 22.3. The molecule has 0 unspecified atom stereocenters. The van der Waals surface area contributed by atoms with Crippen molar-refractivity contribution < 1.29 is 14.3 Å². The maximum Gasteiger partial charge on any atom is 0.274 e. The molecule has 3 aromatic rings. The topological polar surface area (TPSA) is 83.6 Å². The third-order valence-corrected chi connectivity index (χ3v) is 5.09. The number of ether oxygens (including phenoxy) is 1. The number of benzene rings is 2. The summed E-state index contributed by atoms with van der Waals surface area (Å²) in [6.07, 6.45) is 0. The molecule has 0 aliphatic rings. The van der Waals surface area contributed by atoms with Crippen LogP contribution in [0.5, 0.6) is 5.75 Å². The summed E-state index contributed by atoms with van der Waals surface area (Å²) in [5, 5.41) is 8.31. The van der Waals surface area contributed by atoms with Gasteiger partial charge in [-0.25, -0.2) is 4.98 Å². The Morgan fingerprint density at radius 1 is 1.13 bits per heavy atom. The van der Waals surface area contributed by atoms with E-state index in [1.807, 2.05) is 68.4 Å². The third-order valence-electron chi connectivity index (χ3n) is 4.33. The van der Waals surface area contributed by atoms with Crippen LogP contribution in [0, 0.1) is 0 Å². The van der Waals surface area contributed by atoms with Gasteiger partial charge in [0.2, 0.25) is 5.91 Å². The van der Waals surface area contributed by atoms with Gasteiger partial charge in [-0.2, -0.15) is 0 Å². The Hall–Kier alpha value is -3.39. The van der Waals surface area contributed by atoms with Crippen LogP contribution in [0.1, 0.15) is 29.9 Å². The molecule has 0 saturated carbocycles. The van der Waals surface area contributed by atoms with Gasteiger partial charge in [0.25, 0.3) is 5.91 Å². The van der Waals surface area contributed by atoms with E-state index in [9.17, 15) is 9.59 Å². The van der Waals surface area contributed by atoms with Gasteiger partial charge in [-0.1, -0.05) is 36.4 Å². The van der Waals surface area contributed by atoms with E-state index in [1.165, 1.54) is 16.2 Å². The lowest BCUT2D eigenvalue weighted by atomic mass is 10.2. The molecule has 7 nitrogen and oxygen atoms in total. The first-order chi connectivity index (χ1) is 14.9. The molecular formula is C23H26N4O3S. The Kier molecular flexibility index (Phi) is 7.61. The number of carbonyl (C=O) groups excluding carboxylic acids is 2. The van der Waals surface area contributed by atoms with Crippen molar-refractivity contribution in [2.75, 3.05) is 19.0 Å². The predicted octanol–water partition coefficient (Wildman–Crippen LogP) is 4.06. The van der Waals surface area contributed by atoms with Crippen molar-refractivity contribution in [1.82, 2.24) is 15.2 Å². The molecular weight excluding hydrogens is 412 g/mol. The van der Waals surface area contributed by atoms with Crippen LogP contribution in [0.2, 0.25) is 0 Å². The fourth-order valence-electron chi connectivity index (χ4n) is 2.96. The first-order valence-electron chi connectivity index (χ1n) is 9.93. The van der Waals surface area contributed by atoms with Crippen molar-refractivity contribution in [3.63, 3.8) is 0 Å². The Bertz CT molecular complexity index is 1020. The third kappa shape index (κ3) is 6.55. The first-order valence-corrected chi connectivity index (χ1v) is 10.8. The van der Waals surface area contributed by atoms with Crippen molar-refractivity contribution in [2.45, 2.75) is 26.4 Å². The molecule has 0 atom stereocenters. The Balaban J connectivity index is 1.75. The Morgan fingerprint density at radius 3 is 2.61 bits per heavy atom. The number of nitrogens with one attached hydrogen (secondary N) is 2. The molecule has 2 aromatic carbocycles. The summed E-state index contributed by atoms with van der Waals surface area (Å²) in [6, 6.07) is 17.0. The average Bonchev–Trinajstić information content (AvgIpc) is 3.21. The summed E-state index contributed by atoms with van der Waals surface area (Å²) in [6.45, 7) is 4.06. The minimum absolute atomic E-state index is 0.000818. The van der Waals surface area contributed by atoms with Crippen LogP contribution >= 0.6 is 11.3 Å². The number of amides is 2. The number of aromatic nitrogens is 1. The van der Waals surface area contributed by atoms with Crippen LogP contribution in [-0.4, -0.2) is 41.4 Å². The molecule has 0 fully saturated rings. The summed E-state index contributed by atoms with van der Waals surface area (Å²) >= 11 is 1.33. The molecule has 0 radical (unpaired) electrons. The van der Waals surface area contributed by atoms with Crippen molar-refractivity contribution >= 4 is 34.0 Å². The lowest BCUT2D eigenvalue weighted by Crippen LogP contribution is -2.42. The van der Waals surface area contributed by atoms with Gasteiger partial charge in [-0.3, -0.25) is 9.59 Å². The van der Waals surface area contributed by atoms with Crippen LogP contribution in [0.3, 0.4) is 0 Å². The maximum atomic E-state index is 13.2. The zero-order chi connectivity index (χ0) is 22.2. The molecule has 0 spiro atoms. The molecule has 0 bridgehead atoms. The molecule has 1 aromatic heterocycles. The molecule has 8 heteroatoms. The summed E-state index contributed by atoms with van der Waals surface area (Å²) < 4.78 is 5.23. The highest BCUT2D eigenvalue weighted by atomic mass is 32.1. The second-order valence-corrected chi connectivity index (χ2v) is 8.12. The van der Waals surface area contributed by atoms with Gasteiger partial charge in [-0.15, -0.1) is 11.3 Å². The highest BCUT2D eigenvalue weighted by Gasteiger charge is 2.22. The van der Waals surface area contributed by atoms with Gasteiger partial charge >= 0.3 is 0 Å². The standard InChI is InChI=1S/C23H26N4O3S/c1-16(2)24-21(28)14-27(13-17-8-5-4-6-9-17)22(29)20-15-31-23(26-20)25-18-10-7-11-19(12-18)30-3/h4-12,15-16H,13-14H2,1-3H3,(H,24,28)(H,25,26). The molecule has 3 rings (SSSR count). The van der Waals surface area contributed by atoms with Gasteiger partial charge in [0.1, 0.15) is 18.0 Å².